The molecule has 1 saturated heterocycles. The lowest BCUT2D eigenvalue weighted by Gasteiger charge is -2.39. The van der Waals surface area contributed by atoms with Crippen molar-refractivity contribution >= 4 is 21.6 Å². The van der Waals surface area contributed by atoms with Crippen LogP contribution in [0, 0.1) is 5.92 Å². The van der Waals surface area contributed by atoms with Gasteiger partial charge in [-0.15, -0.1) is 0 Å². The number of rotatable bonds is 4. The van der Waals surface area contributed by atoms with E-state index < -0.39 is 0 Å². The highest BCUT2D eigenvalue weighted by Gasteiger charge is 2.25. The van der Waals surface area contributed by atoms with Gasteiger partial charge in [-0.1, -0.05) is 22.9 Å². The first-order valence-corrected chi connectivity index (χ1v) is 8.71. The molecule has 0 bridgehead atoms. The minimum absolute atomic E-state index is 0.652. The Kier molecular flexibility index (Phi) is 4.37. The van der Waals surface area contributed by atoms with Gasteiger partial charge in [-0.2, -0.15) is 0 Å². The summed E-state index contributed by atoms with van der Waals surface area (Å²) in [6.45, 7) is 6.94. The van der Waals surface area contributed by atoms with Crippen LogP contribution in [-0.4, -0.2) is 18.6 Å². The third kappa shape index (κ3) is 3.37. The van der Waals surface area contributed by atoms with Gasteiger partial charge in [-0.25, -0.2) is 0 Å². The van der Waals surface area contributed by atoms with Crippen molar-refractivity contribution in [2.45, 2.75) is 58.2 Å². The molecule has 2 nitrogen and oxygen atoms in total. The van der Waals surface area contributed by atoms with Crippen LogP contribution in [-0.2, 0) is 6.54 Å². The predicted octanol–water partition coefficient (Wildman–Crippen LogP) is 4.33. The summed E-state index contributed by atoms with van der Waals surface area (Å²) >= 11 is 3.62. The SMILES string of the molecule is CC1CCN(c2ccc(Br)cc2CNC2CC2)C(C)C1. The van der Waals surface area contributed by atoms with E-state index in [4.69, 9.17) is 0 Å². The molecule has 0 radical (unpaired) electrons. The zero-order chi connectivity index (χ0) is 14.1. The Labute approximate surface area is 131 Å². The Morgan fingerprint density at radius 1 is 1.25 bits per heavy atom. The number of nitrogens with one attached hydrogen (secondary N) is 1. The van der Waals surface area contributed by atoms with E-state index in [2.05, 4.69) is 58.2 Å². The summed E-state index contributed by atoms with van der Waals surface area (Å²) < 4.78 is 1.19. The molecule has 1 aliphatic carbocycles. The van der Waals surface area contributed by atoms with Crippen molar-refractivity contribution < 1.29 is 0 Å². The maximum Gasteiger partial charge on any atom is 0.0415 e. The Balaban J connectivity index is 1.79. The minimum atomic E-state index is 0.652. The van der Waals surface area contributed by atoms with Crippen LogP contribution in [0.1, 0.15) is 45.1 Å². The fourth-order valence-corrected chi connectivity index (χ4v) is 3.69. The summed E-state index contributed by atoms with van der Waals surface area (Å²) in [5, 5.41) is 3.66. The van der Waals surface area contributed by atoms with E-state index in [1.807, 2.05) is 0 Å². The molecule has 110 valence electrons. The minimum Gasteiger partial charge on any atom is -0.369 e. The van der Waals surface area contributed by atoms with E-state index in [-0.39, 0.29) is 0 Å². The van der Waals surface area contributed by atoms with E-state index in [1.165, 1.54) is 48.0 Å². The summed E-state index contributed by atoms with van der Waals surface area (Å²) in [6, 6.07) is 8.18. The largest absolute Gasteiger partial charge is 0.369 e. The Hall–Kier alpha value is -0.540. The molecule has 0 amide bonds. The first kappa shape index (κ1) is 14.4. The molecule has 3 heteroatoms. The summed E-state index contributed by atoms with van der Waals surface area (Å²) in [5.41, 5.74) is 2.87. The van der Waals surface area contributed by atoms with Crippen molar-refractivity contribution in [1.29, 1.82) is 0 Å². The van der Waals surface area contributed by atoms with Crippen LogP contribution < -0.4 is 10.2 Å². The normalized spacial score (nSPS) is 26.9. The third-order valence-electron chi connectivity index (χ3n) is 4.65. The highest BCUT2D eigenvalue weighted by Crippen LogP contribution is 2.32. The van der Waals surface area contributed by atoms with Crippen molar-refractivity contribution in [2.75, 3.05) is 11.4 Å². The number of hydrogen-bond acceptors (Lipinski definition) is 2. The van der Waals surface area contributed by atoms with Gasteiger partial charge in [0.1, 0.15) is 0 Å². The Morgan fingerprint density at radius 3 is 2.75 bits per heavy atom. The number of anilines is 1. The van der Waals surface area contributed by atoms with E-state index in [0.717, 1.165) is 18.5 Å². The number of nitrogens with zero attached hydrogens (tertiary/aromatic N) is 1. The molecular weight excluding hydrogens is 312 g/mol. The monoisotopic (exact) mass is 336 g/mol. The molecule has 2 aliphatic rings. The lowest BCUT2D eigenvalue weighted by Crippen LogP contribution is -2.41. The third-order valence-corrected chi connectivity index (χ3v) is 5.14. The van der Waals surface area contributed by atoms with Gasteiger partial charge < -0.3 is 10.2 Å². The smallest absolute Gasteiger partial charge is 0.0415 e. The fourth-order valence-electron chi connectivity index (χ4n) is 3.28. The zero-order valence-electron chi connectivity index (χ0n) is 12.5. The van der Waals surface area contributed by atoms with Gasteiger partial charge in [0, 0.05) is 35.3 Å². The van der Waals surface area contributed by atoms with Crippen molar-refractivity contribution in [2.24, 2.45) is 5.92 Å². The van der Waals surface area contributed by atoms with Gasteiger partial charge in [-0.3, -0.25) is 0 Å². The Bertz CT molecular complexity index is 470. The van der Waals surface area contributed by atoms with Crippen LogP contribution in [0.2, 0.25) is 0 Å². The maximum absolute atomic E-state index is 3.66. The van der Waals surface area contributed by atoms with E-state index in [1.54, 1.807) is 0 Å². The zero-order valence-corrected chi connectivity index (χ0v) is 14.1. The van der Waals surface area contributed by atoms with Crippen molar-refractivity contribution in [1.82, 2.24) is 5.32 Å². The number of halogens is 1. The maximum atomic E-state index is 3.66. The molecule has 2 fully saturated rings. The summed E-state index contributed by atoms with van der Waals surface area (Å²) in [5.74, 6) is 0.865. The van der Waals surface area contributed by atoms with Crippen LogP contribution in [0.3, 0.4) is 0 Å². The second-order valence-electron chi connectivity index (χ2n) is 6.60. The summed E-state index contributed by atoms with van der Waals surface area (Å²) in [6.07, 6.45) is 5.32. The molecule has 1 aromatic rings. The molecule has 0 spiro atoms. The molecule has 1 saturated carbocycles. The lowest BCUT2D eigenvalue weighted by atomic mass is 9.92. The average Bonchev–Trinajstić information content (AvgIpc) is 3.21. The van der Waals surface area contributed by atoms with Gasteiger partial charge in [0.2, 0.25) is 0 Å². The first-order chi connectivity index (χ1) is 9.63. The summed E-state index contributed by atoms with van der Waals surface area (Å²) in [7, 11) is 0. The molecule has 2 atom stereocenters. The second kappa shape index (κ2) is 6.07. The number of hydrogen-bond donors (Lipinski definition) is 1. The molecule has 20 heavy (non-hydrogen) atoms. The summed E-state index contributed by atoms with van der Waals surface area (Å²) in [4.78, 5) is 2.61. The van der Waals surface area contributed by atoms with Crippen LogP contribution in [0.4, 0.5) is 5.69 Å². The molecule has 0 aromatic heterocycles. The van der Waals surface area contributed by atoms with Crippen LogP contribution in [0.5, 0.6) is 0 Å². The van der Waals surface area contributed by atoms with Crippen molar-refractivity contribution in [3.63, 3.8) is 0 Å². The highest BCUT2D eigenvalue weighted by atomic mass is 79.9. The molecule has 2 unspecified atom stereocenters. The second-order valence-corrected chi connectivity index (χ2v) is 7.52. The van der Waals surface area contributed by atoms with E-state index >= 15 is 0 Å². The van der Waals surface area contributed by atoms with Gasteiger partial charge in [0.25, 0.3) is 0 Å². The predicted molar refractivity (Wildman–Crippen MR) is 89.2 cm³/mol. The van der Waals surface area contributed by atoms with Gasteiger partial charge in [0.05, 0.1) is 0 Å². The fraction of sp³-hybridized carbons (Fsp3) is 0.647. The first-order valence-electron chi connectivity index (χ1n) is 7.92. The quantitative estimate of drug-likeness (QED) is 0.880. The standard InChI is InChI=1S/C17H25BrN2/c1-12-7-8-20(13(2)9-12)17-6-3-15(18)10-14(17)11-19-16-4-5-16/h3,6,10,12-13,16,19H,4-5,7-9,11H2,1-2H3. The molecule has 1 heterocycles. The van der Waals surface area contributed by atoms with E-state index in [0.29, 0.717) is 6.04 Å². The van der Waals surface area contributed by atoms with E-state index in [9.17, 15) is 0 Å². The molecule has 3 rings (SSSR count). The number of piperidine rings is 1. The van der Waals surface area contributed by atoms with Gasteiger partial charge in [-0.05, 0) is 62.3 Å². The highest BCUT2D eigenvalue weighted by molar-refractivity contribution is 9.10. The van der Waals surface area contributed by atoms with Crippen LogP contribution in [0.25, 0.3) is 0 Å². The molecule has 1 aliphatic heterocycles. The molecule has 1 aromatic carbocycles. The Morgan fingerprint density at radius 2 is 2.05 bits per heavy atom. The van der Waals surface area contributed by atoms with Crippen LogP contribution in [0.15, 0.2) is 22.7 Å². The van der Waals surface area contributed by atoms with Crippen LogP contribution >= 0.6 is 15.9 Å². The van der Waals surface area contributed by atoms with Crippen molar-refractivity contribution in [3.8, 4) is 0 Å². The number of benzene rings is 1. The van der Waals surface area contributed by atoms with Gasteiger partial charge >= 0.3 is 0 Å². The van der Waals surface area contributed by atoms with Crippen molar-refractivity contribution in [3.05, 3.63) is 28.2 Å². The lowest BCUT2D eigenvalue weighted by molar-refractivity contribution is 0.377. The van der Waals surface area contributed by atoms with Gasteiger partial charge in [0.15, 0.2) is 0 Å². The molecular formula is C17H25BrN2. The average molecular weight is 337 g/mol. The molecule has 1 N–H and O–H groups in total. The topological polar surface area (TPSA) is 15.3 Å².